The van der Waals surface area contributed by atoms with Crippen molar-refractivity contribution in [3.05, 3.63) is 60.8 Å². The highest BCUT2D eigenvalue weighted by Crippen LogP contribution is 2.10. The van der Waals surface area contributed by atoms with Crippen molar-refractivity contribution in [3.8, 4) is 0 Å². The van der Waals surface area contributed by atoms with Gasteiger partial charge in [-0.25, -0.2) is 0 Å². The van der Waals surface area contributed by atoms with E-state index in [0.717, 1.165) is 64.2 Å². The first-order valence-corrected chi connectivity index (χ1v) is 20.1. The molecule has 0 aromatic rings. The molecule has 0 saturated heterocycles. The van der Waals surface area contributed by atoms with Crippen molar-refractivity contribution in [1.82, 2.24) is 5.32 Å². The van der Waals surface area contributed by atoms with Crippen LogP contribution in [0.15, 0.2) is 60.8 Å². The van der Waals surface area contributed by atoms with E-state index >= 15 is 0 Å². The van der Waals surface area contributed by atoms with Gasteiger partial charge in [-0.2, -0.15) is 8.42 Å². The Morgan fingerprint density at radius 3 is 1.54 bits per heavy atom. The Morgan fingerprint density at radius 1 is 0.587 bits per heavy atom. The summed E-state index contributed by atoms with van der Waals surface area (Å²) < 4.78 is 32.4. The molecule has 0 radical (unpaired) electrons. The Hall–Kier alpha value is -1.96. The minimum absolute atomic E-state index is 0.266. The summed E-state index contributed by atoms with van der Waals surface area (Å²) in [5.41, 5.74) is 0. The molecule has 0 bridgehead atoms. The Labute approximate surface area is 283 Å². The summed E-state index contributed by atoms with van der Waals surface area (Å²) in [6.45, 7) is 4.47. The van der Waals surface area contributed by atoms with Crippen LogP contribution in [0.25, 0.3) is 0 Å². The van der Waals surface area contributed by atoms with Crippen LogP contribution in [0.4, 0.5) is 0 Å². The first-order valence-electron chi connectivity index (χ1n) is 18.5. The fourth-order valence-corrected chi connectivity index (χ4v) is 5.83. The molecule has 266 valence electrons. The fourth-order valence-electron chi connectivity index (χ4n) is 5.10. The topological polar surface area (TPSA) is 104 Å². The first kappa shape index (κ1) is 44.0. The summed E-state index contributed by atoms with van der Waals surface area (Å²) in [6, 6.07) is -1.09. The van der Waals surface area contributed by atoms with E-state index < -0.39 is 28.0 Å². The Bertz CT molecular complexity index is 951. The summed E-state index contributed by atoms with van der Waals surface area (Å²) >= 11 is 0. The standard InChI is InChI=1S/C39H69NO5S/c1-3-5-7-9-11-13-15-17-19-21-22-24-26-28-30-32-34-38(41)37(36-46(43,44)45)40-39(42)35-33-31-29-27-25-23-20-18-16-14-12-10-8-6-4-2/h12,14,17-20,24,26,32,34,37-38,41H,3-11,13,15-16,21-23,25,27-31,33,35-36H2,1-2H3,(H,40,42)(H,43,44,45)/b14-12-,19-17+,20-18-,26-24+,34-32+. The normalized spacial score (nSPS) is 14.1. The van der Waals surface area contributed by atoms with Crippen LogP contribution in [0.5, 0.6) is 0 Å². The van der Waals surface area contributed by atoms with Gasteiger partial charge in [-0.15, -0.1) is 0 Å². The monoisotopic (exact) mass is 663 g/mol. The zero-order chi connectivity index (χ0) is 34.0. The zero-order valence-electron chi connectivity index (χ0n) is 29.4. The molecule has 0 rings (SSSR count). The van der Waals surface area contributed by atoms with Crippen molar-refractivity contribution in [3.63, 3.8) is 0 Å². The number of unbranched alkanes of at least 4 members (excludes halogenated alkanes) is 16. The van der Waals surface area contributed by atoms with Gasteiger partial charge < -0.3 is 10.4 Å². The minimum atomic E-state index is -4.36. The van der Waals surface area contributed by atoms with Crippen LogP contribution < -0.4 is 5.32 Å². The van der Waals surface area contributed by atoms with E-state index in [0.29, 0.717) is 12.8 Å². The average Bonchev–Trinajstić information content (AvgIpc) is 3.01. The van der Waals surface area contributed by atoms with E-state index in [2.05, 4.69) is 67.8 Å². The fraction of sp³-hybridized carbons (Fsp3) is 0.718. The third kappa shape index (κ3) is 33.4. The molecular formula is C39H69NO5S. The maximum Gasteiger partial charge on any atom is 0.267 e. The lowest BCUT2D eigenvalue weighted by molar-refractivity contribution is -0.122. The van der Waals surface area contributed by atoms with E-state index in [4.69, 9.17) is 0 Å². The van der Waals surface area contributed by atoms with E-state index in [1.165, 1.54) is 70.3 Å². The second-order valence-corrected chi connectivity index (χ2v) is 14.0. The van der Waals surface area contributed by atoms with Gasteiger partial charge in [-0.3, -0.25) is 9.35 Å². The summed E-state index contributed by atoms with van der Waals surface area (Å²) in [7, 11) is -4.36. The summed E-state index contributed by atoms with van der Waals surface area (Å²) in [4.78, 5) is 12.4. The van der Waals surface area contributed by atoms with Crippen LogP contribution in [0.1, 0.15) is 162 Å². The number of aliphatic hydroxyl groups is 1. The van der Waals surface area contributed by atoms with Gasteiger partial charge >= 0.3 is 0 Å². The third-order valence-electron chi connectivity index (χ3n) is 7.89. The number of nitrogens with one attached hydrogen (secondary N) is 1. The van der Waals surface area contributed by atoms with Gasteiger partial charge in [0.15, 0.2) is 0 Å². The summed E-state index contributed by atoms with van der Waals surface area (Å²) in [5.74, 6) is -1.03. The Kier molecular flexibility index (Phi) is 31.6. The van der Waals surface area contributed by atoms with E-state index in [1.807, 2.05) is 0 Å². The van der Waals surface area contributed by atoms with Crippen LogP contribution >= 0.6 is 0 Å². The van der Waals surface area contributed by atoms with Crippen LogP contribution in [0, 0.1) is 0 Å². The molecule has 0 saturated carbocycles. The lowest BCUT2D eigenvalue weighted by Gasteiger charge is -2.21. The van der Waals surface area contributed by atoms with Crippen molar-refractivity contribution in [2.24, 2.45) is 0 Å². The highest BCUT2D eigenvalue weighted by atomic mass is 32.2. The quantitative estimate of drug-likeness (QED) is 0.0377. The molecule has 2 unspecified atom stereocenters. The number of allylic oxidation sites excluding steroid dienone is 9. The molecule has 0 heterocycles. The molecule has 7 heteroatoms. The molecule has 1 amide bonds. The number of carbonyl (C=O) groups is 1. The summed E-state index contributed by atoms with van der Waals surface area (Å²) in [5, 5.41) is 13.1. The molecule has 3 N–H and O–H groups in total. The van der Waals surface area contributed by atoms with Crippen LogP contribution in [-0.4, -0.2) is 41.9 Å². The SMILES string of the molecule is CCCCC/C=C\C/C=C\CCCCCCCC(=O)NC(CS(=O)(=O)O)C(O)/C=C/CC/C=C/CC/C=C/CCCCCCCC. The zero-order valence-corrected chi connectivity index (χ0v) is 30.2. The van der Waals surface area contributed by atoms with Crippen LogP contribution in [0.3, 0.4) is 0 Å². The van der Waals surface area contributed by atoms with Gasteiger partial charge in [-0.1, -0.05) is 139 Å². The van der Waals surface area contributed by atoms with Gasteiger partial charge in [0.05, 0.1) is 17.9 Å². The van der Waals surface area contributed by atoms with E-state index in [9.17, 15) is 22.9 Å². The number of amides is 1. The van der Waals surface area contributed by atoms with Crippen molar-refractivity contribution in [2.75, 3.05) is 5.75 Å². The molecule has 46 heavy (non-hydrogen) atoms. The molecule has 0 aromatic heterocycles. The van der Waals surface area contributed by atoms with Gasteiger partial charge in [0.1, 0.15) is 0 Å². The van der Waals surface area contributed by atoms with Gasteiger partial charge in [0, 0.05) is 6.42 Å². The van der Waals surface area contributed by atoms with Crippen LogP contribution in [0.2, 0.25) is 0 Å². The van der Waals surface area contributed by atoms with Crippen LogP contribution in [-0.2, 0) is 14.9 Å². The highest BCUT2D eigenvalue weighted by Gasteiger charge is 2.24. The van der Waals surface area contributed by atoms with Gasteiger partial charge in [-0.05, 0) is 77.0 Å². The Balaban J connectivity index is 4.12. The molecule has 0 spiro atoms. The smallest absolute Gasteiger partial charge is 0.267 e. The number of rotatable bonds is 32. The number of hydrogen-bond donors (Lipinski definition) is 3. The largest absolute Gasteiger partial charge is 0.387 e. The number of aliphatic hydroxyl groups excluding tert-OH is 1. The van der Waals surface area contributed by atoms with E-state index in [-0.39, 0.29) is 12.3 Å². The van der Waals surface area contributed by atoms with Gasteiger partial charge in [0.25, 0.3) is 10.1 Å². The molecular weight excluding hydrogens is 594 g/mol. The molecule has 0 aliphatic rings. The first-order chi connectivity index (χ1) is 22.3. The van der Waals surface area contributed by atoms with Crippen molar-refractivity contribution < 1.29 is 22.9 Å². The predicted octanol–water partition coefficient (Wildman–Crippen LogP) is 10.5. The molecule has 0 aliphatic heterocycles. The lowest BCUT2D eigenvalue weighted by Crippen LogP contribution is -2.46. The Morgan fingerprint density at radius 2 is 1.00 bits per heavy atom. The average molecular weight is 664 g/mol. The molecule has 6 nitrogen and oxygen atoms in total. The lowest BCUT2D eigenvalue weighted by atomic mass is 10.1. The van der Waals surface area contributed by atoms with E-state index in [1.54, 1.807) is 6.08 Å². The van der Waals surface area contributed by atoms with Crippen molar-refractivity contribution >= 4 is 16.0 Å². The third-order valence-corrected chi connectivity index (χ3v) is 8.67. The van der Waals surface area contributed by atoms with Crippen molar-refractivity contribution in [1.29, 1.82) is 0 Å². The van der Waals surface area contributed by atoms with Crippen molar-refractivity contribution in [2.45, 2.75) is 174 Å². The number of carbonyl (C=O) groups excluding carboxylic acids is 1. The molecule has 0 fully saturated rings. The molecule has 0 aliphatic carbocycles. The second-order valence-electron chi connectivity index (χ2n) is 12.5. The summed E-state index contributed by atoms with van der Waals surface area (Å²) in [6.07, 6.45) is 44.8. The van der Waals surface area contributed by atoms with Gasteiger partial charge in [0.2, 0.25) is 5.91 Å². The minimum Gasteiger partial charge on any atom is -0.387 e. The highest BCUT2D eigenvalue weighted by molar-refractivity contribution is 7.85. The molecule has 0 aromatic carbocycles. The second kappa shape index (κ2) is 33.0. The predicted molar refractivity (Wildman–Crippen MR) is 198 cm³/mol. The maximum atomic E-state index is 12.4. The maximum absolute atomic E-state index is 12.4. The number of hydrogen-bond acceptors (Lipinski definition) is 4. The molecule has 2 atom stereocenters.